The predicted octanol–water partition coefficient (Wildman–Crippen LogP) is 2.44. The summed E-state index contributed by atoms with van der Waals surface area (Å²) in [5, 5.41) is 6.32. The monoisotopic (exact) mass is 328 g/mol. The molecular weight excluding hydrogens is 304 g/mol. The smallest absolute Gasteiger partial charge is 0.237 e. The molecule has 22 heavy (non-hydrogen) atoms. The van der Waals surface area contributed by atoms with E-state index in [1.54, 1.807) is 14.2 Å². The topological polar surface area (TPSA) is 59.6 Å². The van der Waals surface area contributed by atoms with Crippen molar-refractivity contribution in [1.29, 1.82) is 0 Å². The van der Waals surface area contributed by atoms with Crippen molar-refractivity contribution in [2.75, 3.05) is 20.8 Å². The molecule has 0 bridgehead atoms. The summed E-state index contributed by atoms with van der Waals surface area (Å²) in [6.45, 7) is 2.89. The van der Waals surface area contributed by atoms with Crippen LogP contribution in [0.1, 0.15) is 37.8 Å². The molecule has 124 valence electrons. The van der Waals surface area contributed by atoms with Crippen LogP contribution in [-0.4, -0.2) is 32.7 Å². The van der Waals surface area contributed by atoms with Crippen LogP contribution in [0.15, 0.2) is 18.2 Å². The lowest BCUT2D eigenvalue weighted by molar-refractivity contribution is -0.124. The van der Waals surface area contributed by atoms with Crippen LogP contribution in [0.4, 0.5) is 0 Å². The first-order valence-corrected chi connectivity index (χ1v) is 7.41. The molecule has 6 heteroatoms. The summed E-state index contributed by atoms with van der Waals surface area (Å²) in [6.07, 6.45) is 3.16. The standard InChI is InChI=1S/C16H24N2O3.ClH/c1-11(18-16(19)13-6-4-5-9-17-13)12-7-8-14(20-2)15(10-12)21-3;/h7-8,10-11,13,17H,4-6,9H2,1-3H3,(H,18,19);1H/t11?,13-;/m0./s1. The Morgan fingerprint density at radius 3 is 2.59 bits per heavy atom. The van der Waals surface area contributed by atoms with Crippen molar-refractivity contribution in [3.63, 3.8) is 0 Å². The normalized spacial score (nSPS) is 18.8. The van der Waals surface area contributed by atoms with E-state index in [1.165, 1.54) is 0 Å². The number of rotatable bonds is 5. The number of amides is 1. The van der Waals surface area contributed by atoms with Gasteiger partial charge >= 0.3 is 0 Å². The highest BCUT2D eigenvalue weighted by atomic mass is 35.5. The zero-order valence-electron chi connectivity index (χ0n) is 13.3. The summed E-state index contributed by atoms with van der Waals surface area (Å²) in [7, 11) is 3.22. The quantitative estimate of drug-likeness (QED) is 0.871. The van der Waals surface area contributed by atoms with Gasteiger partial charge in [0.2, 0.25) is 5.91 Å². The van der Waals surface area contributed by atoms with Gasteiger partial charge in [-0.25, -0.2) is 0 Å². The number of hydrogen-bond donors (Lipinski definition) is 2. The second-order valence-electron chi connectivity index (χ2n) is 5.35. The minimum Gasteiger partial charge on any atom is -0.493 e. The number of hydrogen-bond acceptors (Lipinski definition) is 4. The molecule has 2 atom stereocenters. The maximum absolute atomic E-state index is 12.2. The van der Waals surface area contributed by atoms with E-state index in [4.69, 9.17) is 9.47 Å². The van der Waals surface area contributed by atoms with Crippen molar-refractivity contribution < 1.29 is 14.3 Å². The first-order chi connectivity index (χ1) is 10.2. The summed E-state index contributed by atoms with van der Waals surface area (Å²) in [5.41, 5.74) is 0.997. The van der Waals surface area contributed by atoms with E-state index in [0.29, 0.717) is 11.5 Å². The zero-order valence-corrected chi connectivity index (χ0v) is 14.2. The molecular formula is C16H25ClN2O3. The van der Waals surface area contributed by atoms with Crippen molar-refractivity contribution in [2.45, 2.75) is 38.3 Å². The fourth-order valence-electron chi connectivity index (χ4n) is 2.60. The molecule has 1 aliphatic rings. The number of nitrogens with one attached hydrogen (secondary N) is 2. The average molecular weight is 329 g/mol. The molecule has 1 aromatic rings. The van der Waals surface area contributed by atoms with Gasteiger partial charge in [-0.2, -0.15) is 0 Å². The fraction of sp³-hybridized carbons (Fsp3) is 0.562. The van der Waals surface area contributed by atoms with Crippen molar-refractivity contribution in [3.05, 3.63) is 23.8 Å². The molecule has 1 fully saturated rings. The Balaban J connectivity index is 0.00000242. The highest BCUT2D eigenvalue weighted by Crippen LogP contribution is 2.29. The number of carbonyl (C=O) groups is 1. The lowest BCUT2D eigenvalue weighted by Gasteiger charge is -2.25. The van der Waals surface area contributed by atoms with Gasteiger partial charge in [-0.1, -0.05) is 12.5 Å². The van der Waals surface area contributed by atoms with Gasteiger partial charge in [0, 0.05) is 0 Å². The third-order valence-electron chi connectivity index (χ3n) is 3.89. The number of halogens is 1. The van der Waals surface area contributed by atoms with Crippen molar-refractivity contribution >= 4 is 18.3 Å². The van der Waals surface area contributed by atoms with E-state index in [9.17, 15) is 4.79 Å². The minimum atomic E-state index is -0.0685. The molecule has 2 N–H and O–H groups in total. The van der Waals surface area contributed by atoms with E-state index in [1.807, 2.05) is 25.1 Å². The molecule has 1 heterocycles. The van der Waals surface area contributed by atoms with Crippen molar-refractivity contribution in [2.24, 2.45) is 0 Å². The maximum Gasteiger partial charge on any atom is 0.237 e. The zero-order chi connectivity index (χ0) is 15.2. The Morgan fingerprint density at radius 2 is 2.00 bits per heavy atom. The maximum atomic E-state index is 12.2. The van der Waals surface area contributed by atoms with Crippen LogP contribution < -0.4 is 20.1 Å². The summed E-state index contributed by atoms with van der Waals surface area (Å²) >= 11 is 0. The van der Waals surface area contributed by atoms with Gasteiger partial charge in [0.25, 0.3) is 0 Å². The van der Waals surface area contributed by atoms with Gasteiger partial charge in [-0.3, -0.25) is 4.79 Å². The molecule has 1 amide bonds. The molecule has 1 aliphatic heterocycles. The minimum absolute atomic E-state index is 0. The molecule has 0 aromatic heterocycles. The lowest BCUT2D eigenvalue weighted by atomic mass is 10.0. The van der Waals surface area contributed by atoms with Gasteiger partial charge in [0.15, 0.2) is 11.5 Å². The Morgan fingerprint density at radius 1 is 1.27 bits per heavy atom. The van der Waals surface area contributed by atoms with E-state index in [0.717, 1.165) is 31.4 Å². The van der Waals surface area contributed by atoms with E-state index < -0.39 is 0 Å². The molecule has 0 saturated carbocycles. The Hall–Kier alpha value is -1.46. The van der Waals surface area contributed by atoms with Crippen LogP contribution in [0.2, 0.25) is 0 Å². The molecule has 1 aromatic carbocycles. The Kier molecular flexibility index (Phi) is 7.48. The van der Waals surface area contributed by atoms with Crippen LogP contribution >= 0.6 is 12.4 Å². The molecule has 0 aliphatic carbocycles. The van der Waals surface area contributed by atoms with Gasteiger partial charge in [-0.05, 0) is 44.0 Å². The third kappa shape index (κ3) is 4.52. The van der Waals surface area contributed by atoms with Crippen molar-refractivity contribution in [1.82, 2.24) is 10.6 Å². The first kappa shape index (κ1) is 18.6. The molecule has 5 nitrogen and oxygen atoms in total. The van der Waals surface area contributed by atoms with Crippen molar-refractivity contribution in [3.8, 4) is 11.5 Å². The highest BCUT2D eigenvalue weighted by Gasteiger charge is 2.22. The number of piperidine rings is 1. The molecule has 1 saturated heterocycles. The highest BCUT2D eigenvalue weighted by molar-refractivity contribution is 5.85. The van der Waals surface area contributed by atoms with Gasteiger partial charge < -0.3 is 20.1 Å². The lowest BCUT2D eigenvalue weighted by Crippen LogP contribution is -2.47. The van der Waals surface area contributed by atoms with Gasteiger partial charge in [-0.15, -0.1) is 12.4 Å². The summed E-state index contributed by atoms with van der Waals surface area (Å²) in [4.78, 5) is 12.2. The number of ether oxygens (including phenoxy) is 2. The second kappa shape index (κ2) is 8.86. The van der Waals surface area contributed by atoms with Crippen LogP contribution in [0.3, 0.4) is 0 Å². The summed E-state index contributed by atoms with van der Waals surface area (Å²) in [6, 6.07) is 5.57. The van der Waals surface area contributed by atoms with Gasteiger partial charge in [0.1, 0.15) is 0 Å². The average Bonchev–Trinajstić information content (AvgIpc) is 2.54. The SMILES string of the molecule is COc1ccc(C(C)NC(=O)[C@@H]2CCCCN2)cc1OC.Cl. The molecule has 1 unspecified atom stereocenters. The molecule has 2 rings (SSSR count). The van der Waals surface area contributed by atoms with E-state index >= 15 is 0 Å². The molecule has 0 spiro atoms. The Labute approximate surface area is 138 Å². The number of methoxy groups -OCH3 is 2. The van der Waals surface area contributed by atoms with Crippen LogP contribution in [-0.2, 0) is 4.79 Å². The second-order valence-corrected chi connectivity index (χ2v) is 5.35. The van der Waals surface area contributed by atoms with Crippen LogP contribution in [0.25, 0.3) is 0 Å². The largest absolute Gasteiger partial charge is 0.493 e. The predicted molar refractivity (Wildman–Crippen MR) is 89.0 cm³/mol. The fourth-order valence-corrected chi connectivity index (χ4v) is 2.60. The van der Waals surface area contributed by atoms with E-state index in [-0.39, 0.29) is 30.4 Å². The van der Waals surface area contributed by atoms with Gasteiger partial charge in [0.05, 0.1) is 26.3 Å². The summed E-state index contributed by atoms with van der Waals surface area (Å²) < 4.78 is 10.5. The molecule has 0 radical (unpaired) electrons. The number of carbonyl (C=O) groups excluding carboxylic acids is 1. The Bertz CT molecular complexity index is 490. The van der Waals surface area contributed by atoms with Crippen LogP contribution in [0, 0.1) is 0 Å². The number of benzene rings is 1. The third-order valence-corrected chi connectivity index (χ3v) is 3.89. The van der Waals surface area contributed by atoms with E-state index in [2.05, 4.69) is 10.6 Å². The van der Waals surface area contributed by atoms with Crippen LogP contribution in [0.5, 0.6) is 11.5 Å². The first-order valence-electron chi connectivity index (χ1n) is 7.41. The summed E-state index contributed by atoms with van der Waals surface area (Å²) in [5.74, 6) is 1.43.